The summed E-state index contributed by atoms with van der Waals surface area (Å²) in [6, 6.07) is 4.72. The zero-order valence-corrected chi connectivity index (χ0v) is 12.3. The first-order chi connectivity index (χ1) is 9.80. The Balaban J connectivity index is 2.15. The zero-order chi connectivity index (χ0) is 15.6. The third-order valence-corrected chi connectivity index (χ3v) is 4.09. The molecular formula is C15H20N2O4. The summed E-state index contributed by atoms with van der Waals surface area (Å²) in [5, 5.41) is 23.5. The van der Waals surface area contributed by atoms with Gasteiger partial charge < -0.3 is 10.4 Å². The minimum Gasteiger partial charge on any atom is -0.477 e. The number of nitro groups is 1. The number of carboxylic acid groups (broad SMARTS) is 1. The summed E-state index contributed by atoms with van der Waals surface area (Å²) in [6.07, 6.45) is 3.21. The molecule has 1 atom stereocenters. The molecule has 21 heavy (non-hydrogen) atoms. The first kappa shape index (κ1) is 15.4. The molecule has 0 saturated heterocycles. The third-order valence-electron chi connectivity index (χ3n) is 4.09. The molecule has 0 amide bonds. The fourth-order valence-corrected chi connectivity index (χ4v) is 3.00. The standard InChI is InChI=1S/C15H20N2O4/c1-15(2)7-6-11(8-15)16-9-10-4-3-5-12(17(20)21)13(10)14(18)19/h3-5,11,16H,6-9H2,1-2H3,(H,18,19). The van der Waals surface area contributed by atoms with Crippen LogP contribution in [-0.4, -0.2) is 22.0 Å². The molecule has 2 N–H and O–H groups in total. The van der Waals surface area contributed by atoms with Crippen LogP contribution in [-0.2, 0) is 6.54 Å². The third kappa shape index (κ3) is 3.58. The predicted molar refractivity (Wildman–Crippen MR) is 78.3 cm³/mol. The summed E-state index contributed by atoms with van der Waals surface area (Å²) >= 11 is 0. The van der Waals surface area contributed by atoms with Gasteiger partial charge in [-0.05, 0) is 30.2 Å². The maximum atomic E-state index is 11.3. The molecule has 1 aliphatic rings. The largest absolute Gasteiger partial charge is 0.477 e. The van der Waals surface area contributed by atoms with Gasteiger partial charge in [0.2, 0.25) is 0 Å². The molecular weight excluding hydrogens is 272 g/mol. The van der Waals surface area contributed by atoms with Crippen molar-refractivity contribution in [3.05, 3.63) is 39.4 Å². The molecule has 114 valence electrons. The number of nitro benzene ring substituents is 1. The van der Waals surface area contributed by atoms with Crippen molar-refractivity contribution in [3.63, 3.8) is 0 Å². The van der Waals surface area contributed by atoms with Gasteiger partial charge in [-0.1, -0.05) is 26.0 Å². The van der Waals surface area contributed by atoms with Crippen molar-refractivity contribution in [3.8, 4) is 0 Å². The summed E-state index contributed by atoms with van der Waals surface area (Å²) in [6.45, 7) is 4.76. The Morgan fingerprint density at radius 2 is 2.24 bits per heavy atom. The van der Waals surface area contributed by atoms with Crippen LogP contribution < -0.4 is 5.32 Å². The van der Waals surface area contributed by atoms with Gasteiger partial charge in [0, 0.05) is 18.7 Å². The molecule has 6 heteroatoms. The second kappa shape index (κ2) is 5.81. The van der Waals surface area contributed by atoms with Crippen LogP contribution in [0, 0.1) is 15.5 Å². The first-order valence-corrected chi connectivity index (χ1v) is 7.03. The van der Waals surface area contributed by atoms with Gasteiger partial charge in [0.15, 0.2) is 0 Å². The van der Waals surface area contributed by atoms with Gasteiger partial charge in [0.05, 0.1) is 4.92 Å². The van der Waals surface area contributed by atoms with Gasteiger partial charge in [0.25, 0.3) is 5.69 Å². The van der Waals surface area contributed by atoms with E-state index in [-0.39, 0.29) is 11.3 Å². The van der Waals surface area contributed by atoms with Gasteiger partial charge in [-0.3, -0.25) is 10.1 Å². The van der Waals surface area contributed by atoms with E-state index in [2.05, 4.69) is 19.2 Å². The zero-order valence-electron chi connectivity index (χ0n) is 12.3. The Bertz CT molecular complexity index is 569. The van der Waals surface area contributed by atoms with Crippen LogP contribution in [0.3, 0.4) is 0 Å². The lowest BCUT2D eigenvalue weighted by molar-refractivity contribution is -0.385. The molecule has 0 bridgehead atoms. The summed E-state index contributed by atoms with van der Waals surface area (Å²) in [5.74, 6) is -1.26. The van der Waals surface area contributed by atoms with Gasteiger partial charge >= 0.3 is 5.97 Å². The molecule has 1 aromatic rings. The second-order valence-electron chi connectivity index (χ2n) is 6.36. The summed E-state index contributed by atoms with van der Waals surface area (Å²) in [7, 11) is 0. The molecule has 2 rings (SSSR count). The van der Waals surface area contributed by atoms with Crippen LogP contribution in [0.4, 0.5) is 5.69 Å². The molecule has 0 aromatic heterocycles. The maximum absolute atomic E-state index is 11.3. The fourth-order valence-electron chi connectivity index (χ4n) is 3.00. The van der Waals surface area contributed by atoms with Crippen molar-refractivity contribution in [1.29, 1.82) is 0 Å². The van der Waals surface area contributed by atoms with E-state index in [4.69, 9.17) is 0 Å². The van der Waals surface area contributed by atoms with Crippen molar-refractivity contribution < 1.29 is 14.8 Å². The Labute approximate surface area is 123 Å². The van der Waals surface area contributed by atoms with Crippen molar-refractivity contribution in [2.75, 3.05) is 0 Å². The Kier molecular flexibility index (Phi) is 4.27. The number of rotatable bonds is 5. The van der Waals surface area contributed by atoms with E-state index in [1.54, 1.807) is 6.07 Å². The highest BCUT2D eigenvalue weighted by molar-refractivity contribution is 5.94. The SMILES string of the molecule is CC1(C)CCC(NCc2cccc([N+](=O)[O-])c2C(=O)O)C1. The first-order valence-electron chi connectivity index (χ1n) is 7.03. The molecule has 0 aliphatic heterocycles. The smallest absolute Gasteiger partial charge is 0.343 e. The summed E-state index contributed by atoms with van der Waals surface area (Å²) in [5.41, 5.74) is 0.193. The lowest BCUT2D eigenvalue weighted by atomic mass is 9.92. The van der Waals surface area contributed by atoms with Crippen molar-refractivity contribution in [2.45, 2.75) is 45.7 Å². The van der Waals surface area contributed by atoms with Crippen molar-refractivity contribution in [2.24, 2.45) is 5.41 Å². The van der Waals surface area contributed by atoms with E-state index in [9.17, 15) is 20.0 Å². The number of hydrogen-bond donors (Lipinski definition) is 2. The van der Waals surface area contributed by atoms with Gasteiger partial charge in [-0.2, -0.15) is 0 Å². The van der Waals surface area contributed by atoms with E-state index < -0.39 is 10.9 Å². The average molecular weight is 292 g/mol. The molecule has 1 aromatic carbocycles. The summed E-state index contributed by atoms with van der Waals surface area (Å²) in [4.78, 5) is 21.6. The Hall–Kier alpha value is -1.95. The van der Waals surface area contributed by atoms with Crippen LogP contribution in [0.1, 0.15) is 49.0 Å². The van der Waals surface area contributed by atoms with E-state index >= 15 is 0 Å². The Morgan fingerprint density at radius 1 is 1.52 bits per heavy atom. The minimum atomic E-state index is -1.26. The topological polar surface area (TPSA) is 92.5 Å². The number of nitrogens with zero attached hydrogens (tertiary/aromatic N) is 1. The molecule has 1 aliphatic carbocycles. The van der Waals surface area contributed by atoms with Crippen LogP contribution in [0.15, 0.2) is 18.2 Å². The molecule has 6 nitrogen and oxygen atoms in total. The van der Waals surface area contributed by atoms with Crippen molar-refractivity contribution in [1.82, 2.24) is 5.32 Å². The number of carboxylic acids is 1. The highest BCUT2D eigenvalue weighted by Crippen LogP contribution is 2.37. The van der Waals surface area contributed by atoms with E-state index in [0.29, 0.717) is 23.6 Å². The molecule has 0 heterocycles. The number of benzene rings is 1. The summed E-state index contributed by atoms with van der Waals surface area (Å²) < 4.78 is 0. The molecule has 0 spiro atoms. The minimum absolute atomic E-state index is 0.216. The number of hydrogen-bond acceptors (Lipinski definition) is 4. The molecule has 0 radical (unpaired) electrons. The fraction of sp³-hybridized carbons (Fsp3) is 0.533. The van der Waals surface area contributed by atoms with E-state index in [1.165, 1.54) is 12.1 Å². The number of carbonyl (C=O) groups is 1. The Morgan fingerprint density at radius 3 is 2.76 bits per heavy atom. The number of aromatic carboxylic acids is 1. The molecule has 1 saturated carbocycles. The quantitative estimate of drug-likeness (QED) is 0.643. The van der Waals surface area contributed by atoms with E-state index in [1.807, 2.05) is 0 Å². The lowest BCUT2D eigenvalue weighted by Crippen LogP contribution is -2.27. The molecule has 1 unspecified atom stereocenters. The normalized spacial score (nSPS) is 20.4. The van der Waals surface area contributed by atoms with E-state index in [0.717, 1.165) is 19.3 Å². The second-order valence-corrected chi connectivity index (χ2v) is 6.36. The highest BCUT2D eigenvalue weighted by atomic mass is 16.6. The monoisotopic (exact) mass is 292 g/mol. The highest BCUT2D eigenvalue weighted by Gasteiger charge is 2.31. The van der Waals surface area contributed by atoms with Gasteiger partial charge in [0.1, 0.15) is 5.56 Å². The van der Waals surface area contributed by atoms with Crippen LogP contribution in [0.25, 0.3) is 0 Å². The van der Waals surface area contributed by atoms with Crippen LogP contribution in [0.5, 0.6) is 0 Å². The van der Waals surface area contributed by atoms with Gasteiger partial charge in [-0.15, -0.1) is 0 Å². The maximum Gasteiger partial charge on any atom is 0.343 e. The average Bonchev–Trinajstić information content (AvgIpc) is 2.75. The predicted octanol–water partition coefficient (Wildman–Crippen LogP) is 2.96. The van der Waals surface area contributed by atoms with Crippen LogP contribution in [0.2, 0.25) is 0 Å². The van der Waals surface area contributed by atoms with Crippen molar-refractivity contribution >= 4 is 11.7 Å². The van der Waals surface area contributed by atoms with Gasteiger partial charge in [-0.25, -0.2) is 4.79 Å². The number of nitrogens with one attached hydrogen (secondary N) is 1. The van der Waals surface area contributed by atoms with Crippen LogP contribution >= 0.6 is 0 Å². The molecule has 1 fully saturated rings. The lowest BCUT2D eigenvalue weighted by Gasteiger charge is -2.18.